The highest BCUT2D eigenvalue weighted by atomic mass is 32.1. The number of carbonyl (C=O) groups is 2. The number of allylic oxidation sites excluding steroid dienone is 2. The molecule has 2 bridgehead atoms. The van der Waals surface area contributed by atoms with E-state index in [1.54, 1.807) is 6.07 Å². The summed E-state index contributed by atoms with van der Waals surface area (Å²) in [5.74, 6) is -1.68. The number of benzene rings is 1. The number of hydrogen-bond acceptors (Lipinski definition) is 5. The average molecular weight is 483 g/mol. The van der Waals surface area contributed by atoms with Crippen LogP contribution in [0.25, 0.3) is 10.2 Å². The van der Waals surface area contributed by atoms with Gasteiger partial charge in [-0.25, -0.2) is 9.37 Å². The van der Waals surface area contributed by atoms with Gasteiger partial charge in [0.1, 0.15) is 16.2 Å². The van der Waals surface area contributed by atoms with E-state index in [9.17, 15) is 14.0 Å². The maximum absolute atomic E-state index is 14.0. The Hall–Kier alpha value is -2.32. The van der Waals surface area contributed by atoms with E-state index in [2.05, 4.69) is 17.1 Å². The molecule has 180 valence electrons. The Balaban J connectivity index is 1.46. The van der Waals surface area contributed by atoms with Crippen molar-refractivity contribution >= 4 is 33.4 Å². The molecule has 2 heterocycles. The highest BCUT2D eigenvalue weighted by molar-refractivity contribution is 7.18. The van der Waals surface area contributed by atoms with E-state index in [1.165, 1.54) is 36.3 Å². The molecule has 6 nitrogen and oxygen atoms in total. The normalized spacial score (nSPS) is 33.3. The molecule has 1 aliphatic heterocycles. The molecule has 3 fully saturated rings. The number of halogens is 1. The van der Waals surface area contributed by atoms with Gasteiger partial charge in [0.2, 0.25) is 11.8 Å². The number of carbonyl (C=O) groups excluding carboxylic acids is 2. The third-order valence-electron chi connectivity index (χ3n) is 9.27. The van der Waals surface area contributed by atoms with Crippen molar-refractivity contribution in [3.05, 3.63) is 41.2 Å². The summed E-state index contributed by atoms with van der Waals surface area (Å²) in [6.07, 6.45) is 10.8. The van der Waals surface area contributed by atoms with Gasteiger partial charge in [0, 0.05) is 5.92 Å². The van der Waals surface area contributed by atoms with Crippen molar-refractivity contribution in [1.82, 2.24) is 9.88 Å². The van der Waals surface area contributed by atoms with E-state index in [0.29, 0.717) is 21.6 Å². The van der Waals surface area contributed by atoms with E-state index < -0.39 is 22.6 Å². The van der Waals surface area contributed by atoms with Crippen molar-refractivity contribution < 1.29 is 14.0 Å². The van der Waals surface area contributed by atoms with Crippen molar-refractivity contribution in [1.29, 1.82) is 0 Å². The summed E-state index contributed by atoms with van der Waals surface area (Å²) in [5.41, 5.74) is 10.6. The van der Waals surface area contributed by atoms with Crippen molar-refractivity contribution in [2.24, 2.45) is 34.1 Å². The first-order valence-electron chi connectivity index (χ1n) is 12.4. The quantitative estimate of drug-likeness (QED) is 0.444. The van der Waals surface area contributed by atoms with Crippen LogP contribution >= 0.6 is 11.3 Å². The van der Waals surface area contributed by atoms with Gasteiger partial charge in [0.05, 0.1) is 15.6 Å². The fraction of sp³-hybridized carbons (Fsp3) is 0.577. The molecule has 2 saturated carbocycles. The number of hydrogen-bond donors (Lipinski definition) is 2. The number of primary amides is 2. The molecule has 34 heavy (non-hydrogen) atoms. The monoisotopic (exact) mass is 482 g/mol. The zero-order chi connectivity index (χ0) is 23.7. The van der Waals surface area contributed by atoms with Crippen LogP contribution in [-0.2, 0) is 15.0 Å². The van der Waals surface area contributed by atoms with Gasteiger partial charge in [0.25, 0.3) is 0 Å². The van der Waals surface area contributed by atoms with Crippen molar-refractivity contribution in [3.63, 3.8) is 0 Å². The topological polar surface area (TPSA) is 102 Å². The molecule has 1 spiro atoms. The maximum atomic E-state index is 14.0. The Morgan fingerprint density at radius 2 is 1.82 bits per heavy atom. The zero-order valence-electron chi connectivity index (χ0n) is 19.3. The lowest BCUT2D eigenvalue weighted by molar-refractivity contribution is -0.143. The summed E-state index contributed by atoms with van der Waals surface area (Å²) in [6.45, 7) is 3.25. The standard InChI is InChI=1S/C26H31FN4O2S/c27-16-5-6-17-18(15-16)34-23(30-17)26(22(29)33)20-8-7-19(24(20)10-11-24)25(26,21(28)32)9-1-2-12-31-13-3-4-14-31/h5-8,15,19-20H,1-4,9-14H2,(H2,28,32)(H2,29,33)/t19-,20+,25+,26-/m1/s1. The minimum absolute atomic E-state index is 0.120. The van der Waals surface area contributed by atoms with Gasteiger partial charge in [-0.2, -0.15) is 0 Å². The first-order chi connectivity index (χ1) is 16.4. The fourth-order valence-electron chi connectivity index (χ4n) is 7.76. The third-order valence-corrected chi connectivity index (χ3v) is 10.4. The van der Waals surface area contributed by atoms with E-state index in [-0.39, 0.29) is 23.1 Å². The number of nitrogens with two attached hydrogens (primary N) is 2. The third kappa shape index (κ3) is 2.72. The molecule has 3 aliphatic carbocycles. The van der Waals surface area contributed by atoms with Crippen LogP contribution in [0.15, 0.2) is 30.4 Å². The maximum Gasteiger partial charge on any atom is 0.232 e. The van der Waals surface area contributed by atoms with Crippen LogP contribution in [0.3, 0.4) is 0 Å². The summed E-state index contributed by atoms with van der Waals surface area (Å²) < 4.78 is 14.6. The second kappa shape index (κ2) is 7.59. The summed E-state index contributed by atoms with van der Waals surface area (Å²) in [5, 5.41) is 0.516. The molecule has 8 heteroatoms. The summed E-state index contributed by atoms with van der Waals surface area (Å²) >= 11 is 1.28. The first-order valence-corrected chi connectivity index (χ1v) is 13.2. The Kier molecular flexibility index (Phi) is 4.95. The number of thiazole rings is 1. The molecular formula is C26H31FN4O2S. The summed E-state index contributed by atoms with van der Waals surface area (Å²) in [6, 6.07) is 4.42. The molecule has 1 aromatic carbocycles. The first kappa shape index (κ1) is 22.2. The van der Waals surface area contributed by atoms with Crippen LogP contribution in [-0.4, -0.2) is 41.3 Å². The van der Waals surface area contributed by atoms with Crippen molar-refractivity contribution in [2.45, 2.75) is 50.4 Å². The number of rotatable bonds is 8. The van der Waals surface area contributed by atoms with Crippen LogP contribution in [0.1, 0.15) is 50.0 Å². The molecule has 4 atom stereocenters. The van der Waals surface area contributed by atoms with Gasteiger partial charge < -0.3 is 16.4 Å². The highest BCUT2D eigenvalue weighted by Gasteiger charge is 2.83. The number of amides is 2. The Bertz CT molecular complexity index is 1200. The second-order valence-electron chi connectivity index (χ2n) is 10.7. The molecule has 0 radical (unpaired) electrons. The van der Waals surface area contributed by atoms with E-state index >= 15 is 0 Å². The van der Waals surface area contributed by atoms with Crippen LogP contribution in [0.5, 0.6) is 0 Å². The van der Waals surface area contributed by atoms with Crippen molar-refractivity contribution in [3.8, 4) is 0 Å². The Morgan fingerprint density at radius 1 is 1.09 bits per heavy atom. The zero-order valence-corrected chi connectivity index (χ0v) is 20.1. The average Bonchev–Trinajstić information content (AvgIpc) is 3.10. The minimum Gasteiger partial charge on any atom is -0.369 e. The van der Waals surface area contributed by atoms with Gasteiger partial charge in [-0.3, -0.25) is 9.59 Å². The molecule has 1 saturated heterocycles. The van der Waals surface area contributed by atoms with Crippen LogP contribution in [0.2, 0.25) is 0 Å². The SMILES string of the molecule is NC(=O)[C@]1(CCCCN2CCCC2)[C@@H]2C=C[C@@H](C23CC3)[C@@]1(C(N)=O)c1nc2ccc(F)cc2s1. The highest BCUT2D eigenvalue weighted by Crippen LogP contribution is 2.81. The van der Waals surface area contributed by atoms with Crippen LogP contribution in [0.4, 0.5) is 4.39 Å². The smallest absolute Gasteiger partial charge is 0.232 e. The lowest BCUT2D eigenvalue weighted by Gasteiger charge is -2.46. The van der Waals surface area contributed by atoms with Gasteiger partial charge in [-0.05, 0) is 87.7 Å². The lowest BCUT2D eigenvalue weighted by atomic mass is 9.55. The predicted molar refractivity (Wildman–Crippen MR) is 129 cm³/mol. The lowest BCUT2D eigenvalue weighted by Crippen LogP contribution is -2.62. The van der Waals surface area contributed by atoms with E-state index in [0.717, 1.165) is 45.3 Å². The number of nitrogens with zero attached hydrogens (tertiary/aromatic N) is 2. The Labute approximate surface area is 202 Å². The van der Waals surface area contributed by atoms with E-state index in [4.69, 9.17) is 16.5 Å². The number of unbranched alkanes of at least 4 members (excludes halogenated alkanes) is 1. The minimum atomic E-state index is -1.30. The fourth-order valence-corrected chi connectivity index (χ4v) is 9.07. The molecular weight excluding hydrogens is 451 g/mol. The molecule has 4 N–H and O–H groups in total. The van der Waals surface area contributed by atoms with Gasteiger partial charge in [0.15, 0.2) is 0 Å². The van der Waals surface area contributed by atoms with E-state index in [1.807, 2.05) is 0 Å². The molecule has 0 unspecified atom stereocenters. The Morgan fingerprint density at radius 3 is 2.50 bits per heavy atom. The van der Waals surface area contributed by atoms with Crippen molar-refractivity contribution in [2.75, 3.05) is 19.6 Å². The molecule has 2 aromatic rings. The molecule has 4 aliphatic rings. The van der Waals surface area contributed by atoms with Gasteiger partial charge >= 0.3 is 0 Å². The summed E-state index contributed by atoms with van der Waals surface area (Å²) in [7, 11) is 0. The molecule has 1 aromatic heterocycles. The number of fused-ring (bicyclic) bond motifs is 1. The largest absolute Gasteiger partial charge is 0.369 e. The summed E-state index contributed by atoms with van der Waals surface area (Å²) in [4.78, 5) is 34.4. The second-order valence-corrected chi connectivity index (χ2v) is 11.7. The van der Waals surface area contributed by atoms with Gasteiger partial charge in [-0.15, -0.1) is 11.3 Å². The number of aromatic nitrogens is 1. The van der Waals surface area contributed by atoms with Crippen LogP contribution < -0.4 is 11.5 Å². The molecule has 2 amide bonds. The van der Waals surface area contributed by atoms with Crippen LogP contribution in [0, 0.1) is 28.5 Å². The van der Waals surface area contributed by atoms with Gasteiger partial charge in [-0.1, -0.05) is 18.6 Å². The predicted octanol–water partition coefficient (Wildman–Crippen LogP) is 3.49. The molecule has 6 rings (SSSR count). The number of likely N-dealkylation sites (tertiary alicyclic amines) is 1.